The predicted octanol–water partition coefficient (Wildman–Crippen LogP) is 2.09. The van der Waals surface area contributed by atoms with Gasteiger partial charge in [0.1, 0.15) is 10.7 Å². The average Bonchev–Trinajstić information content (AvgIpc) is 2.82. The van der Waals surface area contributed by atoms with Crippen LogP contribution in [-0.4, -0.2) is 19.8 Å². The van der Waals surface area contributed by atoms with E-state index in [1.54, 1.807) is 6.07 Å². The standard InChI is InChI=1S/C14H15N5OS/c1-14(2,3)10-12(20)19-13(17-16-10)21-11(18-19)8-5-4-6-9(15)7-8/h4-7H,15H2,1-3H3. The highest BCUT2D eigenvalue weighted by molar-refractivity contribution is 7.19. The van der Waals surface area contributed by atoms with E-state index >= 15 is 0 Å². The number of nitrogen functional groups attached to an aromatic ring is 1. The molecule has 2 aromatic heterocycles. The Morgan fingerprint density at radius 3 is 2.67 bits per heavy atom. The van der Waals surface area contributed by atoms with Crippen molar-refractivity contribution in [3.8, 4) is 10.6 Å². The van der Waals surface area contributed by atoms with Crippen LogP contribution in [0.4, 0.5) is 5.69 Å². The molecule has 7 heteroatoms. The van der Waals surface area contributed by atoms with Gasteiger partial charge in [-0.3, -0.25) is 4.79 Å². The molecule has 21 heavy (non-hydrogen) atoms. The highest BCUT2D eigenvalue weighted by Gasteiger charge is 2.23. The molecule has 3 rings (SSSR count). The molecular formula is C14H15N5OS. The fourth-order valence-electron chi connectivity index (χ4n) is 1.97. The third kappa shape index (κ3) is 2.40. The van der Waals surface area contributed by atoms with Crippen molar-refractivity contribution in [1.29, 1.82) is 0 Å². The molecule has 0 bridgehead atoms. The summed E-state index contributed by atoms with van der Waals surface area (Å²) in [6.07, 6.45) is 0. The molecule has 0 fully saturated rings. The van der Waals surface area contributed by atoms with E-state index in [9.17, 15) is 4.79 Å². The Kier molecular flexibility index (Phi) is 3.02. The molecule has 0 radical (unpaired) electrons. The predicted molar refractivity (Wildman–Crippen MR) is 83.5 cm³/mol. The summed E-state index contributed by atoms with van der Waals surface area (Å²) in [5.74, 6) is 0. The zero-order valence-electron chi connectivity index (χ0n) is 12.0. The molecule has 6 nitrogen and oxygen atoms in total. The Labute approximate surface area is 125 Å². The maximum Gasteiger partial charge on any atom is 0.297 e. The van der Waals surface area contributed by atoms with Crippen molar-refractivity contribution in [2.24, 2.45) is 0 Å². The van der Waals surface area contributed by atoms with Crippen LogP contribution in [0.15, 0.2) is 29.1 Å². The largest absolute Gasteiger partial charge is 0.399 e. The lowest BCUT2D eigenvalue weighted by atomic mass is 9.93. The van der Waals surface area contributed by atoms with E-state index in [0.29, 0.717) is 21.3 Å². The fourth-order valence-corrected chi connectivity index (χ4v) is 2.81. The van der Waals surface area contributed by atoms with Gasteiger partial charge in [0.15, 0.2) is 0 Å². The molecule has 0 unspecified atom stereocenters. The first-order valence-corrected chi connectivity index (χ1v) is 7.31. The quantitative estimate of drug-likeness (QED) is 0.695. The number of anilines is 1. The molecular weight excluding hydrogens is 286 g/mol. The van der Waals surface area contributed by atoms with Crippen molar-refractivity contribution in [2.45, 2.75) is 26.2 Å². The van der Waals surface area contributed by atoms with Gasteiger partial charge in [0.25, 0.3) is 5.56 Å². The second-order valence-electron chi connectivity index (χ2n) is 5.83. The number of rotatable bonds is 1. The van der Waals surface area contributed by atoms with E-state index in [2.05, 4.69) is 15.3 Å². The summed E-state index contributed by atoms with van der Waals surface area (Å²) >= 11 is 1.32. The first-order chi connectivity index (χ1) is 9.86. The first-order valence-electron chi connectivity index (χ1n) is 6.49. The van der Waals surface area contributed by atoms with E-state index in [1.807, 2.05) is 39.0 Å². The second kappa shape index (κ2) is 4.63. The Hall–Kier alpha value is -2.28. The van der Waals surface area contributed by atoms with Crippen molar-refractivity contribution in [3.05, 3.63) is 40.3 Å². The number of hydrogen-bond donors (Lipinski definition) is 1. The molecule has 3 aromatic rings. The minimum Gasteiger partial charge on any atom is -0.399 e. The van der Waals surface area contributed by atoms with E-state index < -0.39 is 0 Å². The summed E-state index contributed by atoms with van der Waals surface area (Å²) in [7, 11) is 0. The Morgan fingerprint density at radius 2 is 2.00 bits per heavy atom. The molecule has 0 aliphatic carbocycles. The highest BCUT2D eigenvalue weighted by Crippen LogP contribution is 2.26. The molecule has 0 atom stereocenters. The van der Waals surface area contributed by atoms with Crippen molar-refractivity contribution in [2.75, 3.05) is 5.73 Å². The molecule has 108 valence electrons. The lowest BCUT2D eigenvalue weighted by molar-refractivity contribution is 0.542. The van der Waals surface area contributed by atoms with Crippen LogP contribution in [0.25, 0.3) is 15.5 Å². The van der Waals surface area contributed by atoms with Crippen LogP contribution in [0.2, 0.25) is 0 Å². The fraction of sp³-hybridized carbons (Fsp3) is 0.286. The molecule has 2 heterocycles. The maximum atomic E-state index is 12.5. The van der Waals surface area contributed by atoms with Gasteiger partial charge in [0.05, 0.1) is 0 Å². The number of benzene rings is 1. The van der Waals surface area contributed by atoms with Crippen molar-refractivity contribution >= 4 is 22.0 Å². The van der Waals surface area contributed by atoms with Gasteiger partial charge in [0, 0.05) is 16.7 Å². The first kappa shape index (κ1) is 13.7. The van der Waals surface area contributed by atoms with Crippen LogP contribution < -0.4 is 11.3 Å². The van der Waals surface area contributed by atoms with Gasteiger partial charge in [-0.05, 0) is 12.1 Å². The van der Waals surface area contributed by atoms with Crippen molar-refractivity contribution < 1.29 is 0 Å². The van der Waals surface area contributed by atoms with Gasteiger partial charge in [-0.25, -0.2) is 0 Å². The summed E-state index contributed by atoms with van der Waals surface area (Å²) in [6.45, 7) is 5.78. The van der Waals surface area contributed by atoms with Gasteiger partial charge in [-0.2, -0.15) is 9.61 Å². The summed E-state index contributed by atoms with van der Waals surface area (Å²) < 4.78 is 1.32. The van der Waals surface area contributed by atoms with Crippen LogP contribution in [0.5, 0.6) is 0 Å². The van der Waals surface area contributed by atoms with Crippen LogP contribution in [0, 0.1) is 0 Å². The van der Waals surface area contributed by atoms with Crippen LogP contribution in [-0.2, 0) is 5.41 Å². The minimum absolute atomic E-state index is 0.223. The molecule has 0 aliphatic rings. The normalized spacial score (nSPS) is 12.0. The topological polar surface area (TPSA) is 86.2 Å². The monoisotopic (exact) mass is 301 g/mol. The van der Waals surface area contributed by atoms with E-state index in [4.69, 9.17) is 5.73 Å². The van der Waals surface area contributed by atoms with E-state index in [-0.39, 0.29) is 11.0 Å². The van der Waals surface area contributed by atoms with Gasteiger partial charge in [-0.1, -0.05) is 44.2 Å². The Morgan fingerprint density at radius 1 is 1.24 bits per heavy atom. The highest BCUT2D eigenvalue weighted by atomic mass is 32.1. The molecule has 1 aromatic carbocycles. The summed E-state index contributed by atoms with van der Waals surface area (Å²) in [6, 6.07) is 7.38. The van der Waals surface area contributed by atoms with E-state index in [1.165, 1.54) is 15.9 Å². The number of nitrogens with zero attached hydrogens (tertiary/aromatic N) is 4. The maximum absolute atomic E-state index is 12.5. The van der Waals surface area contributed by atoms with E-state index in [0.717, 1.165) is 5.56 Å². The number of hydrogen-bond acceptors (Lipinski definition) is 6. The van der Waals surface area contributed by atoms with Gasteiger partial charge < -0.3 is 5.73 Å². The number of nitrogens with two attached hydrogens (primary N) is 1. The Bertz CT molecular complexity index is 875. The van der Waals surface area contributed by atoms with Gasteiger partial charge in [-0.15, -0.1) is 10.2 Å². The minimum atomic E-state index is -0.369. The van der Waals surface area contributed by atoms with Crippen molar-refractivity contribution in [3.63, 3.8) is 0 Å². The van der Waals surface area contributed by atoms with Crippen molar-refractivity contribution in [1.82, 2.24) is 19.8 Å². The zero-order valence-corrected chi connectivity index (χ0v) is 12.8. The summed E-state index contributed by atoms with van der Waals surface area (Å²) in [5, 5.41) is 13.2. The number of aromatic nitrogens is 4. The molecule has 0 saturated carbocycles. The molecule has 0 aliphatic heterocycles. The molecule has 0 saturated heterocycles. The lowest BCUT2D eigenvalue weighted by Gasteiger charge is -2.14. The third-order valence-electron chi connectivity index (χ3n) is 3.03. The van der Waals surface area contributed by atoms with Gasteiger partial charge in [0.2, 0.25) is 4.96 Å². The SMILES string of the molecule is CC(C)(C)c1nnc2sc(-c3cccc(N)c3)nn2c1=O. The van der Waals surface area contributed by atoms with Crippen LogP contribution >= 0.6 is 11.3 Å². The molecule has 0 amide bonds. The zero-order chi connectivity index (χ0) is 15.2. The second-order valence-corrected chi connectivity index (χ2v) is 6.79. The van der Waals surface area contributed by atoms with Crippen LogP contribution in [0.3, 0.4) is 0 Å². The third-order valence-corrected chi connectivity index (χ3v) is 3.98. The average molecular weight is 301 g/mol. The number of fused-ring (bicyclic) bond motifs is 1. The smallest absolute Gasteiger partial charge is 0.297 e. The Balaban J connectivity index is 2.22. The van der Waals surface area contributed by atoms with Crippen LogP contribution in [0.1, 0.15) is 26.5 Å². The molecule has 0 spiro atoms. The summed E-state index contributed by atoms with van der Waals surface area (Å²) in [5.41, 5.74) is 7.11. The molecule has 2 N–H and O–H groups in total. The lowest BCUT2D eigenvalue weighted by Crippen LogP contribution is -2.30. The van der Waals surface area contributed by atoms with Gasteiger partial charge >= 0.3 is 0 Å². The summed E-state index contributed by atoms with van der Waals surface area (Å²) in [4.78, 5) is 12.9.